The molecular formula is C23H30ClN3O3. The molecule has 0 heterocycles. The molecule has 0 aliphatic carbocycles. The number of anilines is 3. The number of ether oxygens (including phenoxy) is 1. The van der Waals surface area contributed by atoms with E-state index in [0.717, 1.165) is 0 Å². The summed E-state index contributed by atoms with van der Waals surface area (Å²) in [6, 6.07) is 11.5. The van der Waals surface area contributed by atoms with Gasteiger partial charge in [-0.1, -0.05) is 37.6 Å². The summed E-state index contributed by atoms with van der Waals surface area (Å²) < 4.78 is 5.46. The summed E-state index contributed by atoms with van der Waals surface area (Å²) in [6.07, 6.45) is 0.474. The second-order valence-electron chi connectivity index (χ2n) is 8.60. The Labute approximate surface area is 183 Å². The second-order valence-corrected chi connectivity index (χ2v) is 9.00. The quantitative estimate of drug-likeness (QED) is 0.416. The maximum Gasteiger partial charge on any atom is 0.329 e. The van der Waals surface area contributed by atoms with Crippen LogP contribution in [0.3, 0.4) is 0 Å². The highest BCUT2D eigenvalue weighted by Gasteiger charge is 2.27. The molecule has 2 rings (SSSR count). The Bertz CT molecular complexity index is 907. The molecule has 6 nitrogen and oxygen atoms in total. The predicted octanol–water partition coefficient (Wildman–Crippen LogP) is 5.15. The van der Waals surface area contributed by atoms with Crippen LogP contribution in [-0.2, 0) is 9.53 Å². The highest BCUT2D eigenvalue weighted by Crippen LogP contribution is 2.28. The Morgan fingerprint density at radius 2 is 1.77 bits per heavy atom. The monoisotopic (exact) mass is 431 g/mol. The smallest absolute Gasteiger partial charge is 0.329 e. The van der Waals surface area contributed by atoms with Crippen LogP contribution in [0.5, 0.6) is 0 Å². The number of rotatable bonds is 7. The number of carbonyl (C=O) groups is 2. The number of benzene rings is 2. The zero-order valence-electron chi connectivity index (χ0n) is 18.1. The molecule has 0 saturated carbocycles. The minimum atomic E-state index is -0.737. The van der Waals surface area contributed by atoms with Crippen LogP contribution in [0, 0.1) is 5.92 Å². The molecule has 7 heteroatoms. The fraction of sp³-hybridized carbons (Fsp3) is 0.391. The molecule has 0 aliphatic rings. The zero-order chi connectivity index (χ0) is 22.5. The van der Waals surface area contributed by atoms with Gasteiger partial charge in [-0.15, -0.1) is 0 Å². The number of hydrogen-bond acceptors (Lipinski definition) is 5. The van der Waals surface area contributed by atoms with Crippen molar-refractivity contribution in [1.29, 1.82) is 0 Å². The minimum absolute atomic E-state index is 0.204. The molecule has 30 heavy (non-hydrogen) atoms. The van der Waals surface area contributed by atoms with Crippen LogP contribution in [0.1, 0.15) is 51.4 Å². The Hall–Kier alpha value is -2.73. The van der Waals surface area contributed by atoms with Gasteiger partial charge < -0.3 is 21.1 Å². The maximum atomic E-state index is 12.8. The molecule has 0 bridgehead atoms. The third-order valence-electron chi connectivity index (χ3n) is 4.16. The number of nitrogens with one attached hydrogen (secondary N) is 2. The van der Waals surface area contributed by atoms with Crippen molar-refractivity contribution in [1.82, 2.24) is 5.32 Å². The van der Waals surface area contributed by atoms with E-state index in [9.17, 15) is 9.59 Å². The lowest BCUT2D eigenvalue weighted by molar-refractivity contribution is -0.157. The van der Waals surface area contributed by atoms with Gasteiger partial charge in [0.2, 0.25) is 0 Å². The Morgan fingerprint density at radius 3 is 2.33 bits per heavy atom. The van der Waals surface area contributed by atoms with Crippen LogP contribution in [0.4, 0.5) is 17.1 Å². The van der Waals surface area contributed by atoms with Crippen LogP contribution < -0.4 is 16.4 Å². The fourth-order valence-corrected chi connectivity index (χ4v) is 3.01. The Morgan fingerprint density at radius 1 is 1.10 bits per heavy atom. The number of hydrogen-bond donors (Lipinski definition) is 3. The number of nitrogen functional groups attached to an aromatic ring is 1. The summed E-state index contributed by atoms with van der Waals surface area (Å²) in [5.74, 6) is -0.632. The van der Waals surface area contributed by atoms with Gasteiger partial charge >= 0.3 is 5.97 Å². The van der Waals surface area contributed by atoms with E-state index < -0.39 is 17.6 Å². The zero-order valence-corrected chi connectivity index (χ0v) is 18.8. The van der Waals surface area contributed by atoms with Crippen LogP contribution in [0.15, 0.2) is 42.5 Å². The van der Waals surface area contributed by atoms with E-state index in [0.29, 0.717) is 34.1 Å². The summed E-state index contributed by atoms with van der Waals surface area (Å²) in [7, 11) is 0. The van der Waals surface area contributed by atoms with Crippen molar-refractivity contribution in [2.24, 2.45) is 5.92 Å². The first-order valence-corrected chi connectivity index (χ1v) is 10.3. The van der Waals surface area contributed by atoms with Crippen molar-refractivity contribution in [3.8, 4) is 0 Å². The van der Waals surface area contributed by atoms with Crippen LogP contribution in [-0.4, -0.2) is 23.5 Å². The van der Waals surface area contributed by atoms with Gasteiger partial charge in [0, 0.05) is 5.56 Å². The van der Waals surface area contributed by atoms with Gasteiger partial charge in [-0.3, -0.25) is 4.79 Å². The van der Waals surface area contributed by atoms with E-state index in [1.54, 1.807) is 45.0 Å². The highest BCUT2D eigenvalue weighted by molar-refractivity contribution is 6.33. The first-order valence-electron chi connectivity index (χ1n) is 9.91. The third-order valence-corrected chi connectivity index (χ3v) is 4.49. The molecule has 1 amide bonds. The molecule has 2 aromatic carbocycles. The van der Waals surface area contributed by atoms with Gasteiger partial charge in [0.15, 0.2) is 0 Å². The predicted molar refractivity (Wildman–Crippen MR) is 122 cm³/mol. The molecule has 0 unspecified atom stereocenters. The lowest BCUT2D eigenvalue weighted by Crippen LogP contribution is -2.44. The van der Waals surface area contributed by atoms with Gasteiger partial charge in [0.05, 0.1) is 22.1 Å². The molecule has 0 radical (unpaired) electrons. The first-order chi connectivity index (χ1) is 14.0. The lowest BCUT2D eigenvalue weighted by atomic mass is 10.0. The van der Waals surface area contributed by atoms with Crippen molar-refractivity contribution in [2.45, 2.75) is 52.7 Å². The largest absolute Gasteiger partial charge is 0.458 e. The maximum absolute atomic E-state index is 12.8. The van der Waals surface area contributed by atoms with E-state index in [-0.39, 0.29) is 11.8 Å². The van der Waals surface area contributed by atoms with Crippen molar-refractivity contribution in [3.05, 3.63) is 53.1 Å². The number of para-hydroxylation sites is 1. The fourth-order valence-electron chi connectivity index (χ4n) is 2.83. The van der Waals surface area contributed by atoms with Crippen molar-refractivity contribution in [2.75, 3.05) is 11.1 Å². The molecule has 162 valence electrons. The topological polar surface area (TPSA) is 93.5 Å². The van der Waals surface area contributed by atoms with Gasteiger partial charge in [-0.05, 0) is 63.4 Å². The molecule has 0 aliphatic heterocycles. The van der Waals surface area contributed by atoms with E-state index in [1.807, 2.05) is 32.0 Å². The Balaban J connectivity index is 2.15. The van der Waals surface area contributed by atoms with Crippen molar-refractivity contribution >= 4 is 40.5 Å². The standard InChI is InChI=1S/C23H30ClN3O3/c1-14(2)12-20(22(29)30-23(3,4)5)27-21(28)15-10-11-19(17(25)13-15)26-18-9-7-6-8-16(18)24/h6-11,13-14,20,26H,12,25H2,1-5H3,(H,27,28)/t20-/m0/s1. The van der Waals surface area contributed by atoms with E-state index >= 15 is 0 Å². The van der Waals surface area contributed by atoms with Crippen molar-refractivity contribution in [3.63, 3.8) is 0 Å². The summed E-state index contributed by atoms with van der Waals surface area (Å²) in [5.41, 5.74) is 7.59. The van der Waals surface area contributed by atoms with Crippen LogP contribution in [0.2, 0.25) is 5.02 Å². The number of esters is 1. The van der Waals surface area contributed by atoms with E-state index in [4.69, 9.17) is 22.1 Å². The van der Waals surface area contributed by atoms with E-state index in [1.165, 1.54) is 0 Å². The first kappa shape index (κ1) is 23.5. The number of nitrogens with two attached hydrogens (primary N) is 1. The molecular weight excluding hydrogens is 402 g/mol. The van der Waals surface area contributed by atoms with Gasteiger partial charge in [-0.25, -0.2) is 4.79 Å². The molecule has 4 N–H and O–H groups in total. The average Bonchev–Trinajstić information content (AvgIpc) is 2.62. The summed E-state index contributed by atoms with van der Waals surface area (Å²) in [4.78, 5) is 25.3. The average molecular weight is 432 g/mol. The number of halogens is 1. The lowest BCUT2D eigenvalue weighted by Gasteiger charge is -2.25. The Kier molecular flexibility index (Phi) is 7.73. The van der Waals surface area contributed by atoms with Crippen molar-refractivity contribution < 1.29 is 14.3 Å². The minimum Gasteiger partial charge on any atom is -0.458 e. The summed E-state index contributed by atoms with van der Waals surface area (Å²) in [6.45, 7) is 9.35. The van der Waals surface area contributed by atoms with Crippen LogP contribution in [0.25, 0.3) is 0 Å². The second kappa shape index (κ2) is 9.85. The molecule has 0 saturated heterocycles. The van der Waals surface area contributed by atoms with Gasteiger partial charge in [-0.2, -0.15) is 0 Å². The molecule has 0 fully saturated rings. The summed E-state index contributed by atoms with van der Waals surface area (Å²) >= 11 is 6.17. The number of carbonyl (C=O) groups excluding carboxylic acids is 2. The van der Waals surface area contributed by atoms with E-state index in [2.05, 4.69) is 10.6 Å². The molecule has 2 aromatic rings. The summed E-state index contributed by atoms with van der Waals surface area (Å²) in [5, 5.41) is 6.50. The third kappa shape index (κ3) is 6.95. The number of amides is 1. The highest BCUT2D eigenvalue weighted by atomic mass is 35.5. The van der Waals surface area contributed by atoms with Gasteiger partial charge in [0.25, 0.3) is 5.91 Å². The van der Waals surface area contributed by atoms with Crippen LogP contribution >= 0.6 is 11.6 Å². The normalized spacial score (nSPS) is 12.4. The van der Waals surface area contributed by atoms with Gasteiger partial charge in [0.1, 0.15) is 11.6 Å². The molecule has 0 aromatic heterocycles. The molecule has 1 atom stereocenters. The SMILES string of the molecule is CC(C)C[C@H](NC(=O)c1ccc(Nc2ccccc2Cl)c(N)c1)C(=O)OC(C)(C)C. The molecule has 0 spiro atoms.